The molecule has 0 saturated carbocycles. The summed E-state index contributed by atoms with van der Waals surface area (Å²) in [5, 5.41) is 21.3. The summed E-state index contributed by atoms with van der Waals surface area (Å²) in [5.74, 6) is 0.0711. The number of rotatable bonds is 6. The Morgan fingerprint density at radius 2 is 1.79 bits per heavy atom. The summed E-state index contributed by atoms with van der Waals surface area (Å²) >= 11 is 3.34. The van der Waals surface area contributed by atoms with Crippen molar-refractivity contribution in [3.8, 4) is 5.75 Å². The van der Waals surface area contributed by atoms with Crippen LogP contribution in [0.5, 0.6) is 5.75 Å². The minimum atomic E-state index is -0.569. The fourth-order valence-electron chi connectivity index (χ4n) is 2.33. The molecule has 0 unspecified atom stereocenters. The fraction of sp³-hybridized carbons (Fsp3) is 0.278. The zero-order valence-electron chi connectivity index (χ0n) is 13.3. The molecular weight excluding hydrogens is 374 g/mol. The SMILES string of the molecule is C[C@@H](CCO)[C@H](OC(=O)Nc1ccc(Br)cc1)c1ccc(O)cc1. The van der Waals surface area contributed by atoms with Crippen molar-refractivity contribution in [3.63, 3.8) is 0 Å². The average molecular weight is 394 g/mol. The lowest BCUT2D eigenvalue weighted by Gasteiger charge is -2.24. The van der Waals surface area contributed by atoms with Gasteiger partial charge in [-0.1, -0.05) is 35.0 Å². The molecule has 2 aromatic rings. The van der Waals surface area contributed by atoms with E-state index < -0.39 is 12.2 Å². The molecule has 0 aliphatic heterocycles. The molecule has 2 rings (SSSR count). The number of aliphatic hydroxyl groups is 1. The summed E-state index contributed by atoms with van der Waals surface area (Å²) < 4.78 is 6.49. The Labute approximate surface area is 149 Å². The first-order valence-electron chi connectivity index (χ1n) is 7.62. The summed E-state index contributed by atoms with van der Waals surface area (Å²) in [5.41, 5.74) is 1.39. The molecule has 6 heteroatoms. The molecule has 0 aromatic heterocycles. The van der Waals surface area contributed by atoms with E-state index in [2.05, 4.69) is 21.2 Å². The normalized spacial score (nSPS) is 13.1. The Kier molecular flexibility index (Phi) is 6.63. The number of hydrogen-bond donors (Lipinski definition) is 3. The van der Waals surface area contributed by atoms with Crippen LogP contribution in [-0.4, -0.2) is 22.9 Å². The molecule has 128 valence electrons. The number of halogens is 1. The van der Waals surface area contributed by atoms with Crippen molar-refractivity contribution in [1.82, 2.24) is 0 Å². The average Bonchev–Trinajstić information content (AvgIpc) is 2.56. The minimum absolute atomic E-state index is 0.00738. The van der Waals surface area contributed by atoms with Gasteiger partial charge in [0.25, 0.3) is 0 Å². The highest BCUT2D eigenvalue weighted by Crippen LogP contribution is 2.30. The molecule has 0 bridgehead atoms. The van der Waals surface area contributed by atoms with Crippen molar-refractivity contribution in [2.45, 2.75) is 19.4 Å². The van der Waals surface area contributed by atoms with E-state index in [1.54, 1.807) is 36.4 Å². The second-order valence-corrected chi connectivity index (χ2v) is 6.45. The number of carbonyl (C=O) groups excluding carboxylic acids is 1. The molecular formula is C18H20BrNO4. The van der Waals surface area contributed by atoms with Crippen molar-refractivity contribution >= 4 is 27.7 Å². The third-order valence-electron chi connectivity index (χ3n) is 3.65. The quantitative estimate of drug-likeness (QED) is 0.676. The molecule has 2 aromatic carbocycles. The summed E-state index contributed by atoms with van der Waals surface area (Å²) in [6.07, 6.45) is -0.592. The van der Waals surface area contributed by atoms with Gasteiger partial charge in [0, 0.05) is 16.8 Å². The summed E-state index contributed by atoms with van der Waals surface area (Å²) in [6, 6.07) is 13.7. The van der Waals surface area contributed by atoms with Crippen molar-refractivity contribution in [3.05, 3.63) is 58.6 Å². The van der Waals surface area contributed by atoms with E-state index in [0.29, 0.717) is 12.1 Å². The van der Waals surface area contributed by atoms with Gasteiger partial charge in [0.1, 0.15) is 11.9 Å². The Morgan fingerprint density at radius 3 is 2.38 bits per heavy atom. The number of nitrogens with one attached hydrogen (secondary N) is 1. The maximum absolute atomic E-state index is 12.2. The van der Waals surface area contributed by atoms with Gasteiger partial charge in [-0.3, -0.25) is 5.32 Å². The van der Waals surface area contributed by atoms with Gasteiger partial charge in [0.05, 0.1) is 0 Å². The topological polar surface area (TPSA) is 78.8 Å². The first-order chi connectivity index (χ1) is 11.5. The molecule has 24 heavy (non-hydrogen) atoms. The highest BCUT2D eigenvalue weighted by Gasteiger charge is 2.23. The van der Waals surface area contributed by atoms with Crippen molar-refractivity contribution in [2.24, 2.45) is 5.92 Å². The molecule has 0 radical (unpaired) electrons. The van der Waals surface area contributed by atoms with Gasteiger partial charge in [0.15, 0.2) is 0 Å². The molecule has 0 saturated heterocycles. The van der Waals surface area contributed by atoms with E-state index >= 15 is 0 Å². The summed E-state index contributed by atoms with van der Waals surface area (Å²) in [4.78, 5) is 12.2. The molecule has 2 atom stereocenters. The molecule has 0 aliphatic carbocycles. The molecule has 3 N–H and O–H groups in total. The second-order valence-electron chi connectivity index (χ2n) is 5.54. The third-order valence-corrected chi connectivity index (χ3v) is 4.18. The predicted octanol–water partition coefficient (Wildman–Crippen LogP) is 4.46. The standard InChI is InChI=1S/C18H20BrNO4/c1-12(10-11-21)17(13-2-8-16(22)9-3-13)24-18(23)20-15-6-4-14(19)5-7-15/h2-9,12,17,21-22H,10-11H2,1H3,(H,20,23)/t12-,17-/m0/s1. The molecule has 0 fully saturated rings. The van der Waals surface area contributed by atoms with E-state index in [4.69, 9.17) is 4.74 Å². The number of carbonyl (C=O) groups is 1. The van der Waals surface area contributed by atoms with Crippen LogP contribution in [0.4, 0.5) is 10.5 Å². The summed E-state index contributed by atoms with van der Waals surface area (Å²) in [7, 11) is 0. The number of amides is 1. The first-order valence-corrected chi connectivity index (χ1v) is 8.42. The van der Waals surface area contributed by atoms with Crippen LogP contribution in [0.1, 0.15) is 25.0 Å². The van der Waals surface area contributed by atoms with Gasteiger partial charge in [-0.15, -0.1) is 0 Å². The predicted molar refractivity (Wildman–Crippen MR) is 96.0 cm³/mol. The van der Waals surface area contributed by atoms with Crippen LogP contribution in [0.15, 0.2) is 53.0 Å². The first kappa shape index (κ1) is 18.3. The maximum atomic E-state index is 12.2. The third kappa shape index (κ3) is 5.25. The van der Waals surface area contributed by atoms with E-state index in [-0.39, 0.29) is 18.3 Å². The lowest BCUT2D eigenvalue weighted by atomic mass is 9.94. The second kappa shape index (κ2) is 8.70. The number of benzene rings is 2. The van der Waals surface area contributed by atoms with Gasteiger partial charge in [-0.2, -0.15) is 0 Å². The van der Waals surface area contributed by atoms with Crippen LogP contribution in [0, 0.1) is 5.92 Å². The molecule has 0 spiro atoms. The van der Waals surface area contributed by atoms with Gasteiger partial charge in [-0.25, -0.2) is 4.79 Å². The van der Waals surface area contributed by atoms with Gasteiger partial charge >= 0.3 is 6.09 Å². The zero-order valence-corrected chi connectivity index (χ0v) is 14.9. The molecule has 5 nitrogen and oxygen atoms in total. The van der Waals surface area contributed by atoms with E-state index in [1.165, 1.54) is 0 Å². The van der Waals surface area contributed by atoms with E-state index in [9.17, 15) is 15.0 Å². The maximum Gasteiger partial charge on any atom is 0.412 e. The Bertz CT molecular complexity index is 658. The minimum Gasteiger partial charge on any atom is -0.508 e. The number of phenols is 1. The zero-order chi connectivity index (χ0) is 17.5. The van der Waals surface area contributed by atoms with Crippen molar-refractivity contribution in [1.29, 1.82) is 0 Å². The number of hydrogen-bond acceptors (Lipinski definition) is 4. The Balaban J connectivity index is 2.10. The number of anilines is 1. The number of aliphatic hydroxyl groups excluding tert-OH is 1. The number of phenolic OH excluding ortho intramolecular Hbond substituents is 1. The van der Waals surface area contributed by atoms with Crippen LogP contribution in [0.3, 0.4) is 0 Å². The lowest BCUT2D eigenvalue weighted by Crippen LogP contribution is -2.22. The van der Waals surface area contributed by atoms with Crippen LogP contribution in [-0.2, 0) is 4.74 Å². The number of ether oxygens (including phenoxy) is 1. The largest absolute Gasteiger partial charge is 0.508 e. The Morgan fingerprint density at radius 1 is 1.17 bits per heavy atom. The van der Waals surface area contributed by atoms with E-state index in [1.807, 2.05) is 19.1 Å². The van der Waals surface area contributed by atoms with Crippen molar-refractivity contribution in [2.75, 3.05) is 11.9 Å². The highest BCUT2D eigenvalue weighted by molar-refractivity contribution is 9.10. The van der Waals surface area contributed by atoms with Gasteiger partial charge in [0.2, 0.25) is 0 Å². The van der Waals surface area contributed by atoms with Crippen LogP contribution in [0.2, 0.25) is 0 Å². The van der Waals surface area contributed by atoms with Crippen LogP contribution >= 0.6 is 15.9 Å². The van der Waals surface area contributed by atoms with Crippen LogP contribution < -0.4 is 5.32 Å². The lowest BCUT2D eigenvalue weighted by molar-refractivity contribution is 0.0667. The monoisotopic (exact) mass is 393 g/mol. The molecule has 0 aliphatic rings. The number of aromatic hydroxyl groups is 1. The smallest absolute Gasteiger partial charge is 0.412 e. The highest BCUT2D eigenvalue weighted by atomic mass is 79.9. The van der Waals surface area contributed by atoms with E-state index in [0.717, 1.165) is 10.0 Å². The van der Waals surface area contributed by atoms with Crippen LogP contribution in [0.25, 0.3) is 0 Å². The fourth-order valence-corrected chi connectivity index (χ4v) is 2.59. The van der Waals surface area contributed by atoms with Gasteiger partial charge in [-0.05, 0) is 54.3 Å². The molecule has 1 amide bonds. The van der Waals surface area contributed by atoms with Crippen molar-refractivity contribution < 1.29 is 19.7 Å². The summed E-state index contributed by atoms with van der Waals surface area (Å²) in [6.45, 7) is 1.91. The molecule has 0 heterocycles. The van der Waals surface area contributed by atoms with Gasteiger partial charge < -0.3 is 14.9 Å². The Hall–Kier alpha value is -2.05.